The van der Waals surface area contributed by atoms with Crippen molar-refractivity contribution in [1.82, 2.24) is 0 Å². The van der Waals surface area contributed by atoms with Crippen LogP contribution in [0.25, 0.3) is 5.76 Å². The van der Waals surface area contributed by atoms with E-state index in [0.29, 0.717) is 18.8 Å². The van der Waals surface area contributed by atoms with Crippen LogP contribution in [-0.2, 0) is 11.2 Å². The standard InChI is InChI=1S/C15H18O2/c1-3-4-9-17-11(2)12-5-7-14-13(10-12)6-8-15(14)16/h5,7,10H,2-4,6,8-9H2,1H3. The highest BCUT2D eigenvalue weighted by Crippen LogP contribution is 2.25. The number of carbonyl (C=O) groups is 1. The molecule has 0 spiro atoms. The second kappa shape index (κ2) is 5.17. The van der Waals surface area contributed by atoms with Crippen molar-refractivity contribution in [2.45, 2.75) is 32.6 Å². The fourth-order valence-electron chi connectivity index (χ4n) is 2.05. The number of ether oxygens (including phenoxy) is 1. The third-order valence-corrected chi connectivity index (χ3v) is 3.12. The average Bonchev–Trinajstić information content (AvgIpc) is 2.71. The first kappa shape index (κ1) is 11.9. The predicted octanol–water partition coefficient (Wildman–Crippen LogP) is 3.60. The molecule has 2 heteroatoms. The van der Waals surface area contributed by atoms with Crippen LogP contribution in [0.2, 0.25) is 0 Å². The molecule has 1 aromatic carbocycles. The van der Waals surface area contributed by atoms with Crippen LogP contribution < -0.4 is 0 Å². The van der Waals surface area contributed by atoms with E-state index in [9.17, 15) is 4.79 Å². The highest BCUT2D eigenvalue weighted by molar-refractivity contribution is 6.00. The molecule has 0 atom stereocenters. The van der Waals surface area contributed by atoms with E-state index in [0.717, 1.165) is 36.0 Å². The Bertz CT molecular complexity index is 446. The number of unbranched alkanes of at least 4 members (excludes halogenated alkanes) is 1. The first-order chi connectivity index (χ1) is 8.22. The van der Waals surface area contributed by atoms with Crippen molar-refractivity contribution in [3.05, 3.63) is 41.5 Å². The second-order valence-corrected chi connectivity index (χ2v) is 4.42. The number of hydrogen-bond donors (Lipinski definition) is 0. The van der Waals surface area contributed by atoms with Gasteiger partial charge in [0, 0.05) is 17.5 Å². The van der Waals surface area contributed by atoms with Crippen molar-refractivity contribution in [1.29, 1.82) is 0 Å². The summed E-state index contributed by atoms with van der Waals surface area (Å²) in [5, 5.41) is 0. The fourth-order valence-corrected chi connectivity index (χ4v) is 2.05. The highest BCUT2D eigenvalue weighted by Gasteiger charge is 2.19. The third-order valence-electron chi connectivity index (χ3n) is 3.12. The molecule has 0 fully saturated rings. The third kappa shape index (κ3) is 2.57. The van der Waals surface area contributed by atoms with E-state index < -0.39 is 0 Å². The number of carbonyl (C=O) groups excluding carboxylic acids is 1. The maximum absolute atomic E-state index is 11.5. The van der Waals surface area contributed by atoms with Gasteiger partial charge in [0.1, 0.15) is 5.76 Å². The molecule has 0 unspecified atom stereocenters. The lowest BCUT2D eigenvalue weighted by atomic mass is 10.1. The quantitative estimate of drug-likeness (QED) is 0.570. The number of aryl methyl sites for hydroxylation is 1. The lowest BCUT2D eigenvalue weighted by Crippen LogP contribution is -1.96. The molecule has 17 heavy (non-hydrogen) atoms. The van der Waals surface area contributed by atoms with Crippen molar-refractivity contribution in [2.24, 2.45) is 0 Å². The van der Waals surface area contributed by atoms with Gasteiger partial charge in [-0.15, -0.1) is 0 Å². The molecule has 0 amide bonds. The normalized spacial score (nSPS) is 13.6. The summed E-state index contributed by atoms with van der Waals surface area (Å²) < 4.78 is 5.58. The van der Waals surface area contributed by atoms with Gasteiger partial charge in [0.15, 0.2) is 5.78 Å². The fraction of sp³-hybridized carbons (Fsp3) is 0.400. The molecular formula is C15H18O2. The van der Waals surface area contributed by atoms with E-state index in [1.54, 1.807) is 0 Å². The molecule has 0 saturated heterocycles. The zero-order valence-corrected chi connectivity index (χ0v) is 10.3. The van der Waals surface area contributed by atoms with Crippen LogP contribution in [0.15, 0.2) is 24.8 Å². The van der Waals surface area contributed by atoms with Crippen molar-refractivity contribution in [3.63, 3.8) is 0 Å². The Labute approximate surface area is 102 Å². The van der Waals surface area contributed by atoms with Gasteiger partial charge in [0.05, 0.1) is 6.61 Å². The SMILES string of the molecule is C=C(OCCCC)c1ccc2c(c1)CCC2=O. The minimum Gasteiger partial charge on any atom is -0.494 e. The summed E-state index contributed by atoms with van der Waals surface area (Å²) in [6.07, 6.45) is 3.65. The molecule has 0 aromatic heterocycles. The summed E-state index contributed by atoms with van der Waals surface area (Å²) in [5.74, 6) is 0.963. The molecule has 0 radical (unpaired) electrons. The van der Waals surface area contributed by atoms with Crippen LogP contribution in [0.3, 0.4) is 0 Å². The summed E-state index contributed by atoms with van der Waals surface area (Å²) in [7, 11) is 0. The van der Waals surface area contributed by atoms with E-state index >= 15 is 0 Å². The van der Waals surface area contributed by atoms with Crippen LogP contribution in [0.5, 0.6) is 0 Å². The van der Waals surface area contributed by atoms with Gasteiger partial charge in [-0.2, -0.15) is 0 Å². The van der Waals surface area contributed by atoms with E-state index in [4.69, 9.17) is 4.74 Å². The zero-order valence-electron chi connectivity index (χ0n) is 10.3. The lowest BCUT2D eigenvalue weighted by molar-refractivity contribution is 0.0994. The van der Waals surface area contributed by atoms with Gasteiger partial charge < -0.3 is 4.74 Å². The van der Waals surface area contributed by atoms with Gasteiger partial charge in [0.25, 0.3) is 0 Å². The Hall–Kier alpha value is -1.57. The van der Waals surface area contributed by atoms with Crippen LogP contribution in [0.4, 0.5) is 0 Å². The number of hydrogen-bond acceptors (Lipinski definition) is 2. The Balaban J connectivity index is 2.07. The summed E-state index contributed by atoms with van der Waals surface area (Å²) >= 11 is 0. The van der Waals surface area contributed by atoms with Crippen LogP contribution >= 0.6 is 0 Å². The monoisotopic (exact) mass is 230 g/mol. The molecule has 90 valence electrons. The number of rotatable bonds is 5. The lowest BCUT2D eigenvalue weighted by Gasteiger charge is -2.09. The Morgan fingerprint density at radius 3 is 3.00 bits per heavy atom. The van der Waals surface area contributed by atoms with Crippen LogP contribution in [0.1, 0.15) is 47.7 Å². The van der Waals surface area contributed by atoms with E-state index in [-0.39, 0.29) is 5.78 Å². The van der Waals surface area contributed by atoms with Gasteiger partial charge in [-0.25, -0.2) is 0 Å². The molecule has 1 aromatic rings. The summed E-state index contributed by atoms with van der Waals surface area (Å²) in [4.78, 5) is 11.5. The van der Waals surface area contributed by atoms with Crippen molar-refractivity contribution < 1.29 is 9.53 Å². The summed E-state index contributed by atoms with van der Waals surface area (Å²) in [5.41, 5.74) is 3.00. The van der Waals surface area contributed by atoms with E-state index in [1.165, 1.54) is 0 Å². The van der Waals surface area contributed by atoms with Gasteiger partial charge in [-0.05, 0) is 24.5 Å². The number of ketones is 1. The van der Waals surface area contributed by atoms with Gasteiger partial charge in [-0.3, -0.25) is 4.79 Å². The topological polar surface area (TPSA) is 26.3 Å². The highest BCUT2D eigenvalue weighted by atomic mass is 16.5. The maximum atomic E-state index is 11.5. The van der Waals surface area contributed by atoms with E-state index in [1.807, 2.05) is 18.2 Å². The largest absolute Gasteiger partial charge is 0.494 e. The summed E-state index contributed by atoms with van der Waals surface area (Å²) in [6, 6.07) is 5.86. The van der Waals surface area contributed by atoms with Crippen molar-refractivity contribution in [2.75, 3.05) is 6.61 Å². The number of benzene rings is 1. The molecule has 1 aliphatic carbocycles. The van der Waals surface area contributed by atoms with Gasteiger partial charge in [0.2, 0.25) is 0 Å². The second-order valence-electron chi connectivity index (χ2n) is 4.42. The minimum atomic E-state index is 0.254. The molecule has 2 rings (SSSR count). The van der Waals surface area contributed by atoms with Crippen LogP contribution in [0, 0.1) is 0 Å². The smallest absolute Gasteiger partial charge is 0.163 e. The van der Waals surface area contributed by atoms with Gasteiger partial charge in [-0.1, -0.05) is 32.1 Å². The minimum absolute atomic E-state index is 0.254. The number of Topliss-reactive ketones (excluding diaryl/α,β-unsaturated/α-hetero) is 1. The average molecular weight is 230 g/mol. The van der Waals surface area contributed by atoms with Crippen molar-refractivity contribution in [3.8, 4) is 0 Å². The number of fused-ring (bicyclic) bond motifs is 1. The molecular weight excluding hydrogens is 212 g/mol. The molecule has 0 aliphatic heterocycles. The Morgan fingerprint density at radius 1 is 1.41 bits per heavy atom. The Morgan fingerprint density at radius 2 is 2.24 bits per heavy atom. The van der Waals surface area contributed by atoms with E-state index in [2.05, 4.69) is 13.5 Å². The Kier molecular flexibility index (Phi) is 3.62. The predicted molar refractivity (Wildman–Crippen MR) is 69.0 cm³/mol. The molecule has 2 nitrogen and oxygen atoms in total. The van der Waals surface area contributed by atoms with Crippen LogP contribution in [-0.4, -0.2) is 12.4 Å². The molecule has 0 heterocycles. The molecule has 1 aliphatic rings. The maximum Gasteiger partial charge on any atom is 0.163 e. The molecule has 0 saturated carbocycles. The first-order valence-corrected chi connectivity index (χ1v) is 6.20. The zero-order chi connectivity index (χ0) is 12.3. The molecule has 0 N–H and O–H groups in total. The molecule has 0 bridgehead atoms. The van der Waals surface area contributed by atoms with Gasteiger partial charge >= 0.3 is 0 Å². The summed E-state index contributed by atoms with van der Waals surface area (Å²) in [6.45, 7) is 6.78. The van der Waals surface area contributed by atoms with Crippen molar-refractivity contribution >= 4 is 11.5 Å². The first-order valence-electron chi connectivity index (χ1n) is 6.20.